The molecule has 1 aliphatic heterocycles. The van der Waals surface area contributed by atoms with Crippen LogP contribution in [-0.4, -0.2) is 22.8 Å². The van der Waals surface area contributed by atoms with E-state index in [1.807, 2.05) is 12.1 Å². The Bertz CT molecular complexity index is 462. The molecule has 1 aromatic heterocycles. The third-order valence-electron chi connectivity index (χ3n) is 4.46. The van der Waals surface area contributed by atoms with Crippen LogP contribution in [0.3, 0.4) is 0 Å². The maximum absolute atomic E-state index is 8.76. The summed E-state index contributed by atoms with van der Waals surface area (Å²) in [4.78, 5) is 2.41. The summed E-state index contributed by atoms with van der Waals surface area (Å²) in [6.07, 6.45) is 5.33. The molecule has 0 aromatic carbocycles. The zero-order valence-corrected chi connectivity index (χ0v) is 10.7. The van der Waals surface area contributed by atoms with E-state index in [2.05, 4.69) is 22.0 Å². The zero-order valence-electron chi connectivity index (χ0n) is 10.7. The fourth-order valence-corrected chi connectivity index (χ4v) is 3.57. The largest absolute Gasteiger partial charge is 0.352 e. The number of nitriles is 1. The van der Waals surface area contributed by atoms with Crippen LogP contribution in [0.25, 0.3) is 0 Å². The first-order chi connectivity index (χ1) is 8.79. The number of rotatable bonds is 1. The monoisotopic (exact) mass is 242 g/mol. The van der Waals surface area contributed by atoms with Crippen LogP contribution >= 0.6 is 0 Å². The highest BCUT2D eigenvalue weighted by Gasteiger charge is 2.41. The third-order valence-corrected chi connectivity index (χ3v) is 4.46. The van der Waals surface area contributed by atoms with Crippen molar-refractivity contribution in [2.24, 2.45) is 11.8 Å². The normalized spacial score (nSPS) is 30.9. The Labute approximate surface area is 108 Å². The van der Waals surface area contributed by atoms with Crippen LogP contribution in [-0.2, 0) is 0 Å². The fourth-order valence-electron chi connectivity index (χ4n) is 3.57. The van der Waals surface area contributed by atoms with Crippen molar-refractivity contribution in [1.29, 1.82) is 5.26 Å². The van der Waals surface area contributed by atoms with Gasteiger partial charge in [0.1, 0.15) is 6.07 Å². The summed E-state index contributed by atoms with van der Waals surface area (Å²) in [5.41, 5.74) is 0.395. The number of fused-ring (bicyclic) bond motifs is 1. The van der Waals surface area contributed by atoms with Crippen molar-refractivity contribution in [3.63, 3.8) is 0 Å². The van der Waals surface area contributed by atoms with Crippen molar-refractivity contribution < 1.29 is 0 Å². The van der Waals surface area contributed by atoms with Crippen molar-refractivity contribution in [2.45, 2.75) is 38.6 Å². The van der Waals surface area contributed by atoms with Gasteiger partial charge in [-0.3, -0.25) is 0 Å². The molecule has 1 saturated carbocycles. The summed E-state index contributed by atoms with van der Waals surface area (Å²) < 4.78 is 0. The summed E-state index contributed by atoms with van der Waals surface area (Å²) in [6, 6.07) is 6.36. The van der Waals surface area contributed by atoms with Gasteiger partial charge in [-0.15, -0.1) is 10.2 Å². The minimum absolute atomic E-state index is 0.395. The third kappa shape index (κ3) is 1.84. The summed E-state index contributed by atoms with van der Waals surface area (Å²) in [7, 11) is 0. The second-order valence-corrected chi connectivity index (χ2v) is 5.53. The number of hydrogen-bond acceptors (Lipinski definition) is 4. The van der Waals surface area contributed by atoms with Crippen LogP contribution in [0.1, 0.15) is 38.3 Å². The molecular formula is C14H18N4. The number of hydrogen-bond donors (Lipinski definition) is 0. The van der Waals surface area contributed by atoms with Crippen molar-refractivity contribution >= 4 is 5.82 Å². The lowest BCUT2D eigenvalue weighted by Crippen LogP contribution is -2.35. The predicted octanol–water partition coefficient (Wildman–Crippen LogP) is 2.36. The fraction of sp³-hybridized carbons (Fsp3) is 0.643. The number of aromatic nitrogens is 2. The van der Waals surface area contributed by atoms with Gasteiger partial charge < -0.3 is 4.90 Å². The van der Waals surface area contributed by atoms with E-state index in [0.717, 1.165) is 24.2 Å². The lowest BCUT2D eigenvalue weighted by Gasteiger charge is -2.32. The highest BCUT2D eigenvalue weighted by Crippen LogP contribution is 2.41. The maximum Gasteiger partial charge on any atom is 0.163 e. The number of nitrogens with zero attached hydrogens (tertiary/aromatic N) is 4. The molecular weight excluding hydrogens is 224 g/mol. The predicted molar refractivity (Wildman–Crippen MR) is 69.0 cm³/mol. The molecule has 1 aromatic rings. The summed E-state index contributed by atoms with van der Waals surface area (Å²) in [5.74, 6) is 2.50. The molecule has 18 heavy (non-hydrogen) atoms. The van der Waals surface area contributed by atoms with E-state index in [4.69, 9.17) is 5.26 Å². The van der Waals surface area contributed by atoms with Gasteiger partial charge in [0, 0.05) is 12.6 Å². The molecule has 0 spiro atoms. The molecule has 1 saturated heterocycles. The highest BCUT2D eigenvalue weighted by molar-refractivity contribution is 5.42. The lowest BCUT2D eigenvalue weighted by molar-refractivity contribution is 0.293. The molecule has 3 atom stereocenters. The molecule has 0 radical (unpaired) electrons. The molecule has 0 bridgehead atoms. The first-order valence-electron chi connectivity index (χ1n) is 6.80. The van der Waals surface area contributed by atoms with Gasteiger partial charge in [0.05, 0.1) is 0 Å². The Kier molecular flexibility index (Phi) is 2.91. The molecule has 0 N–H and O–H groups in total. The summed E-state index contributed by atoms with van der Waals surface area (Å²) in [5, 5.41) is 16.9. The summed E-state index contributed by atoms with van der Waals surface area (Å²) >= 11 is 0. The van der Waals surface area contributed by atoms with E-state index in [-0.39, 0.29) is 0 Å². The van der Waals surface area contributed by atoms with Gasteiger partial charge in [-0.1, -0.05) is 19.8 Å². The van der Waals surface area contributed by atoms with Gasteiger partial charge >= 0.3 is 0 Å². The Morgan fingerprint density at radius 1 is 1.28 bits per heavy atom. The Morgan fingerprint density at radius 3 is 2.83 bits per heavy atom. The highest BCUT2D eigenvalue weighted by atomic mass is 15.3. The Balaban J connectivity index is 1.85. The lowest BCUT2D eigenvalue weighted by atomic mass is 9.80. The van der Waals surface area contributed by atoms with Crippen molar-refractivity contribution in [1.82, 2.24) is 10.2 Å². The Hall–Kier alpha value is -1.63. The van der Waals surface area contributed by atoms with Crippen molar-refractivity contribution in [3.8, 4) is 6.07 Å². The second kappa shape index (κ2) is 4.56. The number of anilines is 1. The van der Waals surface area contributed by atoms with Gasteiger partial charge in [0.15, 0.2) is 11.5 Å². The van der Waals surface area contributed by atoms with E-state index >= 15 is 0 Å². The van der Waals surface area contributed by atoms with Crippen molar-refractivity contribution in [2.75, 3.05) is 11.4 Å². The van der Waals surface area contributed by atoms with Crippen LogP contribution in [0, 0.1) is 23.2 Å². The molecule has 3 rings (SSSR count). The molecule has 4 heteroatoms. The molecule has 4 nitrogen and oxygen atoms in total. The van der Waals surface area contributed by atoms with Gasteiger partial charge in [-0.2, -0.15) is 5.26 Å². The van der Waals surface area contributed by atoms with E-state index in [1.165, 1.54) is 25.7 Å². The average molecular weight is 242 g/mol. The summed E-state index contributed by atoms with van der Waals surface area (Å²) in [6.45, 7) is 3.43. The molecule has 2 fully saturated rings. The topological polar surface area (TPSA) is 52.8 Å². The molecule has 94 valence electrons. The van der Waals surface area contributed by atoms with Crippen LogP contribution in [0.4, 0.5) is 5.82 Å². The van der Waals surface area contributed by atoms with Crippen LogP contribution in [0.2, 0.25) is 0 Å². The van der Waals surface area contributed by atoms with Crippen LogP contribution < -0.4 is 4.90 Å². The Morgan fingerprint density at radius 2 is 2.11 bits per heavy atom. The minimum Gasteiger partial charge on any atom is -0.352 e. The zero-order chi connectivity index (χ0) is 12.5. The van der Waals surface area contributed by atoms with Crippen molar-refractivity contribution in [3.05, 3.63) is 17.8 Å². The van der Waals surface area contributed by atoms with Crippen LogP contribution in [0.5, 0.6) is 0 Å². The van der Waals surface area contributed by atoms with Crippen LogP contribution in [0.15, 0.2) is 12.1 Å². The van der Waals surface area contributed by atoms with E-state index in [9.17, 15) is 0 Å². The van der Waals surface area contributed by atoms with E-state index < -0.39 is 0 Å². The molecule has 3 unspecified atom stereocenters. The van der Waals surface area contributed by atoms with E-state index in [1.54, 1.807) is 6.07 Å². The first-order valence-corrected chi connectivity index (χ1v) is 6.80. The molecule has 1 aliphatic carbocycles. The van der Waals surface area contributed by atoms with Gasteiger partial charge in [0.25, 0.3) is 0 Å². The van der Waals surface area contributed by atoms with Gasteiger partial charge in [-0.05, 0) is 36.8 Å². The maximum atomic E-state index is 8.76. The molecule has 2 heterocycles. The average Bonchev–Trinajstić information content (AvgIpc) is 2.77. The van der Waals surface area contributed by atoms with Gasteiger partial charge in [0.2, 0.25) is 0 Å². The SMILES string of the molecule is CC1CN(c2ccc(C#N)nn2)C2CCCCC12. The minimum atomic E-state index is 0.395. The van der Waals surface area contributed by atoms with Gasteiger partial charge in [-0.25, -0.2) is 0 Å². The van der Waals surface area contributed by atoms with E-state index in [0.29, 0.717) is 11.7 Å². The smallest absolute Gasteiger partial charge is 0.163 e. The quantitative estimate of drug-likeness (QED) is 0.758. The first kappa shape index (κ1) is 11.5. The second-order valence-electron chi connectivity index (χ2n) is 5.53. The molecule has 2 aliphatic rings. The molecule has 0 amide bonds. The standard InChI is InChI=1S/C14H18N4/c1-10-9-18(13-5-3-2-4-12(10)13)14-7-6-11(8-15)16-17-14/h6-7,10,12-13H,2-5,9H2,1H3.